The number of rotatable bonds is 15. The number of carbonyl (C=O) groups is 1. The van der Waals surface area contributed by atoms with Crippen molar-refractivity contribution in [1.82, 2.24) is 0 Å². The molecule has 1 N–H and O–H groups in total. The number of carbonyl (C=O) groups excluding carboxylic acids is 1. The van der Waals surface area contributed by atoms with Crippen LogP contribution in [0.2, 0.25) is 0 Å². The van der Waals surface area contributed by atoms with Crippen LogP contribution in [0.5, 0.6) is 0 Å². The summed E-state index contributed by atoms with van der Waals surface area (Å²) in [5.41, 5.74) is 0. The Bertz CT molecular complexity index is 488. The van der Waals surface area contributed by atoms with E-state index in [-0.39, 0.29) is 6.10 Å². The molecular formula is C23H36O3. The van der Waals surface area contributed by atoms with Crippen molar-refractivity contribution in [2.75, 3.05) is 0 Å². The zero-order chi connectivity index (χ0) is 19.0. The normalized spacial score (nSPS) is 21.5. The van der Waals surface area contributed by atoms with Gasteiger partial charge in [0.05, 0.1) is 18.3 Å². The molecule has 146 valence electrons. The summed E-state index contributed by atoms with van der Waals surface area (Å²) >= 11 is 0. The summed E-state index contributed by atoms with van der Waals surface area (Å²) < 4.78 is 5.43. The number of Topliss-reactive ketones (excluding diaryl/α,β-unsaturated/α-hetero) is 1. The Balaban J connectivity index is 1.94. The zero-order valence-corrected chi connectivity index (χ0v) is 16.5. The van der Waals surface area contributed by atoms with Crippen LogP contribution in [0.15, 0.2) is 48.6 Å². The van der Waals surface area contributed by atoms with Crippen LogP contribution in [0.1, 0.15) is 71.6 Å². The Hall–Kier alpha value is -1.45. The van der Waals surface area contributed by atoms with Gasteiger partial charge in [0.2, 0.25) is 0 Å². The highest BCUT2D eigenvalue weighted by molar-refractivity contribution is 5.75. The molecule has 0 bridgehead atoms. The van der Waals surface area contributed by atoms with E-state index in [2.05, 4.69) is 37.3 Å². The lowest BCUT2D eigenvalue weighted by molar-refractivity contribution is -0.117. The molecule has 1 aliphatic rings. The summed E-state index contributed by atoms with van der Waals surface area (Å²) in [6.07, 6.45) is 25.5. The molecule has 0 aromatic rings. The first-order valence-electron chi connectivity index (χ1n) is 10.1. The summed E-state index contributed by atoms with van der Waals surface area (Å²) in [7, 11) is 0. The molecule has 1 aliphatic heterocycles. The van der Waals surface area contributed by atoms with Crippen molar-refractivity contribution in [2.24, 2.45) is 0 Å². The first kappa shape index (κ1) is 22.6. The maximum atomic E-state index is 10.8. The van der Waals surface area contributed by atoms with Crippen LogP contribution in [-0.4, -0.2) is 29.2 Å². The quantitative estimate of drug-likeness (QED) is 0.183. The van der Waals surface area contributed by atoms with Gasteiger partial charge in [0.1, 0.15) is 5.78 Å². The molecule has 0 aliphatic carbocycles. The van der Waals surface area contributed by atoms with Crippen molar-refractivity contribution in [3.05, 3.63) is 48.6 Å². The van der Waals surface area contributed by atoms with Gasteiger partial charge in [0, 0.05) is 12.8 Å². The highest BCUT2D eigenvalue weighted by Gasteiger charge is 2.37. The maximum absolute atomic E-state index is 10.8. The predicted molar refractivity (Wildman–Crippen MR) is 109 cm³/mol. The number of ketones is 1. The molecule has 0 amide bonds. The standard InChI is InChI=1S/C23H36O3/c1-3-22-23(26-22)19-21(25)18-16-14-12-10-8-6-4-5-7-9-11-13-15-17-20(2)24/h5-8,12,14,16,18,21-23,25H,3-4,9-11,13,15,17,19H2,1-2H3/b7-5-,8-6-,14-12-,18-16+. The third kappa shape index (κ3) is 12.8. The highest BCUT2D eigenvalue weighted by atomic mass is 16.6. The molecule has 1 fully saturated rings. The molecule has 0 radical (unpaired) electrons. The SMILES string of the molecule is CCC1OC1CC(O)/C=C/C=C\C/C=C\C/C=C\CCCCCC(C)=O. The van der Waals surface area contributed by atoms with E-state index in [0.717, 1.165) is 44.9 Å². The van der Waals surface area contributed by atoms with Crippen LogP contribution in [0.3, 0.4) is 0 Å². The van der Waals surface area contributed by atoms with E-state index < -0.39 is 6.10 Å². The van der Waals surface area contributed by atoms with Gasteiger partial charge in [0.15, 0.2) is 0 Å². The number of epoxide rings is 1. The third-order valence-corrected chi connectivity index (χ3v) is 4.42. The van der Waals surface area contributed by atoms with E-state index in [0.29, 0.717) is 18.3 Å². The zero-order valence-electron chi connectivity index (χ0n) is 16.5. The van der Waals surface area contributed by atoms with E-state index in [1.807, 2.05) is 18.2 Å². The second kappa shape index (κ2) is 14.7. The van der Waals surface area contributed by atoms with Gasteiger partial charge in [-0.1, -0.05) is 62.0 Å². The molecular weight excluding hydrogens is 324 g/mol. The minimum absolute atomic E-state index is 0.250. The van der Waals surface area contributed by atoms with Crippen molar-refractivity contribution < 1.29 is 14.6 Å². The van der Waals surface area contributed by atoms with Gasteiger partial charge in [-0.05, 0) is 45.4 Å². The Morgan fingerprint density at radius 1 is 1.00 bits per heavy atom. The van der Waals surface area contributed by atoms with E-state index in [9.17, 15) is 9.90 Å². The lowest BCUT2D eigenvalue weighted by Crippen LogP contribution is -2.07. The summed E-state index contributed by atoms with van der Waals surface area (Å²) in [6, 6.07) is 0. The van der Waals surface area contributed by atoms with E-state index in [1.54, 1.807) is 6.92 Å². The predicted octanol–water partition coefficient (Wildman–Crippen LogP) is 5.46. The molecule has 3 nitrogen and oxygen atoms in total. The van der Waals surface area contributed by atoms with Crippen LogP contribution >= 0.6 is 0 Å². The fourth-order valence-corrected chi connectivity index (χ4v) is 2.79. The summed E-state index contributed by atoms with van der Waals surface area (Å²) in [5, 5.41) is 9.85. The Morgan fingerprint density at radius 3 is 2.42 bits per heavy atom. The summed E-state index contributed by atoms with van der Waals surface area (Å²) in [5.74, 6) is 0.296. The van der Waals surface area contributed by atoms with Crippen LogP contribution in [0, 0.1) is 0 Å². The van der Waals surface area contributed by atoms with Gasteiger partial charge < -0.3 is 14.6 Å². The van der Waals surface area contributed by atoms with Gasteiger partial charge in [-0.2, -0.15) is 0 Å². The van der Waals surface area contributed by atoms with Gasteiger partial charge in [0.25, 0.3) is 0 Å². The van der Waals surface area contributed by atoms with Gasteiger partial charge in [-0.3, -0.25) is 0 Å². The summed E-state index contributed by atoms with van der Waals surface area (Å²) in [6.45, 7) is 3.77. The van der Waals surface area contributed by atoms with Crippen LogP contribution in [-0.2, 0) is 9.53 Å². The molecule has 0 spiro atoms. The van der Waals surface area contributed by atoms with Gasteiger partial charge in [-0.15, -0.1) is 0 Å². The molecule has 3 unspecified atom stereocenters. The maximum Gasteiger partial charge on any atom is 0.129 e. The average Bonchev–Trinajstić information content (AvgIpc) is 3.36. The Morgan fingerprint density at radius 2 is 1.73 bits per heavy atom. The number of unbranched alkanes of at least 4 members (excludes halogenated alkanes) is 3. The lowest BCUT2D eigenvalue weighted by atomic mass is 10.1. The molecule has 1 heterocycles. The minimum Gasteiger partial charge on any atom is -0.389 e. The van der Waals surface area contributed by atoms with E-state index in [4.69, 9.17) is 4.74 Å². The molecule has 1 saturated heterocycles. The molecule has 3 heteroatoms. The first-order valence-corrected chi connectivity index (χ1v) is 10.1. The van der Waals surface area contributed by atoms with Crippen molar-refractivity contribution >= 4 is 5.78 Å². The fraction of sp³-hybridized carbons (Fsp3) is 0.609. The first-order chi connectivity index (χ1) is 12.6. The second-order valence-corrected chi connectivity index (χ2v) is 6.95. The third-order valence-electron chi connectivity index (χ3n) is 4.42. The second-order valence-electron chi connectivity index (χ2n) is 6.95. The van der Waals surface area contributed by atoms with Gasteiger partial charge in [-0.25, -0.2) is 0 Å². The van der Waals surface area contributed by atoms with Crippen molar-refractivity contribution in [2.45, 2.75) is 89.9 Å². The smallest absolute Gasteiger partial charge is 0.129 e. The van der Waals surface area contributed by atoms with E-state index in [1.165, 1.54) is 6.42 Å². The lowest BCUT2D eigenvalue weighted by Gasteiger charge is -2.00. The van der Waals surface area contributed by atoms with Crippen molar-refractivity contribution in [1.29, 1.82) is 0 Å². The highest BCUT2D eigenvalue weighted by Crippen LogP contribution is 2.29. The molecule has 1 rings (SSSR count). The van der Waals surface area contributed by atoms with Crippen LogP contribution < -0.4 is 0 Å². The van der Waals surface area contributed by atoms with Crippen molar-refractivity contribution in [3.8, 4) is 0 Å². The number of allylic oxidation sites excluding steroid dienone is 7. The van der Waals surface area contributed by atoms with E-state index >= 15 is 0 Å². The Labute approximate surface area is 159 Å². The van der Waals surface area contributed by atoms with Crippen LogP contribution in [0.4, 0.5) is 0 Å². The molecule has 26 heavy (non-hydrogen) atoms. The monoisotopic (exact) mass is 360 g/mol. The number of ether oxygens (including phenoxy) is 1. The number of aliphatic hydroxyl groups excluding tert-OH is 1. The fourth-order valence-electron chi connectivity index (χ4n) is 2.79. The van der Waals surface area contributed by atoms with Crippen molar-refractivity contribution in [3.63, 3.8) is 0 Å². The number of aliphatic hydroxyl groups is 1. The van der Waals surface area contributed by atoms with Crippen LogP contribution in [0.25, 0.3) is 0 Å². The number of hydrogen-bond acceptors (Lipinski definition) is 3. The minimum atomic E-state index is -0.413. The molecule has 3 atom stereocenters. The topological polar surface area (TPSA) is 49.8 Å². The molecule has 0 aromatic heterocycles. The average molecular weight is 361 g/mol. The molecule has 0 aromatic carbocycles. The largest absolute Gasteiger partial charge is 0.389 e. The van der Waals surface area contributed by atoms with Gasteiger partial charge >= 0.3 is 0 Å². The Kier molecular flexibility index (Phi) is 12.8. The molecule has 0 saturated carbocycles. The summed E-state index contributed by atoms with van der Waals surface area (Å²) in [4.78, 5) is 10.8. The number of hydrogen-bond donors (Lipinski definition) is 1.